The van der Waals surface area contributed by atoms with E-state index in [0.717, 1.165) is 46.1 Å². The number of ketones is 1. The van der Waals surface area contributed by atoms with Crippen LogP contribution in [-0.2, 0) is 4.79 Å². The van der Waals surface area contributed by atoms with Crippen LogP contribution in [0.2, 0.25) is 0 Å². The zero-order chi connectivity index (χ0) is 17.4. The number of allylic oxidation sites excluding steroid dienone is 2. The first kappa shape index (κ1) is 15.6. The minimum absolute atomic E-state index is 0.0872. The number of Topliss-reactive ketones (excluding diaryl/α,β-unsaturated/α-hetero) is 1. The summed E-state index contributed by atoms with van der Waals surface area (Å²) in [6, 6.07) is 15.8. The van der Waals surface area contributed by atoms with Crippen LogP contribution in [-0.4, -0.2) is 18.6 Å². The zero-order valence-electron chi connectivity index (χ0n) is 14.4. The summed E-state index contributed by atoms with van der Waals surface area (Å²) in [5.41, 5.74) is 5.37. The second kappa shape index (κ2) is 6.20. The van der Waals surface area contributed by atoms with E-state index in [1.165, 1.54) is 0 Å². The predicted octanol–water partition coefficient (Wildman–Crippen LogP) is 4.61. The number of fused-ring (bicyclic) bond motifs is 2. The average Bonchev–Trinajstić information content (AvgIpc) is 2.77. The van der Waals surface area contributed by atoms with Crippen LogP contribution in [0.5, 0.6) is 5.75 Å². The second-order valence-corrected chi connectivity index (χ2v) is 6.47. The molecule has 0 saturated heterocycles. The summed E-state index contributed by atoms with van der Waals surface area (Å²) < 4.78 is 5.50. The van der Waals surface area contributed by atoms with E-state index < -0.39 is 0 Å². The zero-order valence-corrected chi connectivity index (χ0v) is 14.4. The molecule has 1 atom stereocenters. The first-order chi connectivity index (χ1) is 12.2. The van der Waals surface area contributed by atoms with Gasteiger partial charge < -0.3 is 10.1 Å². The van der Waals surface area contributed by atoms with Gasteiger partial charge in [0.25, 0.3) is 0 Å². The lowest BCUT2D eigenvalue weighted by Crippen LogP contribution is -2.26. The monoisotopic (exact) mass is 332 g/mol. The van der Waals surface area contributed by atoms with Crippen molar-refractivity contribution < 1.29 is 9.53 Å². The molecule has 2 aliphatic rings. The largest absolute Gasteiger partial charge is 0.496 e. The van der Waals surface area contributed by atoms with E-state index in [0.29, 0.717) is 6.42 Å². The van der Waals surface area contributed by atoms with Crippen molar-refractivity contribution in [3.8, 4) is 5.75 Å². The highest BCUT2D eigenvalue weighted by Gasteiger charge is 2.33. The molecule has 0 unspecified atom stereocenters. The number of nitrogens with zero attached hydrogens (tertiary/aromatic N) is 1. The summed E-state index contributed by atoms with van der Waals surface area (Å²) in [7, 11) is 1.67. The molecule has 1 saturated carbocycles. The summed E-state index contributed by atoms with van der Waals surface area (Å²) >= 11 is 0. The molecule has 1 heterocycles. The Hall–Kier alpha value is -2.88. The third kappa shape index (κ3) is 2.74. The SMILES string of the molecule is COc1ccccc1[C@@H]1CC(=O)C2=C(C)Nc3ccccc3N=C2C1. The molecule has 1 N–H and O–H groups in total. The van der Waals surface area contributed by atoms with Crippen LogP contribution in [0.1, 0.15) is 31.2 Å². The quantitative estimate of drug-likeness (QED) is 0.873. The number of methoxy groups -OCH3 is 1. The van der Waals surface area contributed by atoms with E-state index in [4.69, 9.17) is 9.73 Å². The molecule has 0 radical (unpaired) electrons. The maximum Gasteiger partial charge on any atom is 0.167 e. The number of benzene rings is 2. The van der Waals surface area contributed by atoms with Crippen LogP contribution < -0.4 is 10.1 Å². The molecule has 1 aliphatic heterocycles. The molecule has 1 aliphatic carbocycles. The van der Waals surface area contributed by atoms with Crippen LogP contribution in [0, 0.1) is 0 Å². The summed E-state index contributed by atoms with van der Waals surface area (Å²) in [6.07, 6.45) is 1.21. The van der Waals surface area contributed by atoms with Crippen molar-refractivity contribution in [3.63, 3.8) is 0 Å². The van der Waals surface area contributed by atoms with Gasteiger partial charge in [-0.2, -0.15) is 0 Å². The van der Waals surface area contributed by atoms with Crippen LogP contribution in [0.25, 0.3) is 0 Å². The Kier molecular flexibility index (Phi) is 3.88. The van der Waals surface area contributed by atoms with Crippen molar-refractivity contribution >= 4 is 22.9 Å². The number of hydrogen-bond donors (Lipinski definition) is 1. The summed E-state index contributed by atoms with van der Waals surface area (Å²) in [6.45, 7) is 1.95. The van der Waals surface area contributed by atoms with E-state index in [2.05, 4.69) is 5.32 Å². The molecule has 0 aromatic heterocycles. The molecule has 1 fully saturated rings. The van der Waals surface area contributed by atoms with Gasteiger partial charge in [0.2, 0.25) is 0 Å². The van der Waals surface area contributed by atoms with Crippen molar-refractivity contribution in [1.82, 2.24) is 0 Å². The van der Waals surface area contributed by atoms with Gasteiger partial charge in [0.15, 0.2) is 5.78 Å². The number of carbonyl (C=O) groups is 1. The summed E-state index contributed by atoms with van der Waals surface area (Å²) in [4.78, 5) is 17.7. The van der Waals surface area contributed by atoms with Crippen molar-refractivity contribution in [2.45, 2.75) is 25.7 Å². The van der Waals surface area contributed by atoms with Gasteiger partial charge in [-0.1, -0.05) is 30.3 Å². The normalized spacial score (nSPS) is 19.4. The minimum Gasteiger partial charge on any atom is -0.496 e. The molecule has 0 spiro atoms. The van der Waals surface area contributed by atoms with Gasteiger partial charge >= 0.3 is 0 Å². The lowest BCUT2D eigenvalue weighted by atomic mass is 9.78. The Morgan fingerprint density at radius 3 is 2.68 bits per heavy atom. The van der Waals surface area contributed by atoms with Crippen molar-refractivity contribution in [1.29, 1.82) is 0 Å². The number of carbonyl (C=O) groups excluding carboxylic acids is 1. The van der Waals surface area contributed by atoms with E-state index >= 15 is 0 Å². The highest BCUT2D eigenvalue weighted by molar-refractivity contribution is 6.26. The van der Waals surface area contributed by atoms with Gasteiger partial charge in [0.05, 0.1) is 29.8 Å². The molecule has 4 heteroatoms. The van der Waals surface area contributed by atoms with Gasteiger partial charge in [-0.3, -0.25) is 9.79 Å². The molecule has 0 amide bonds. The van der Waals surface area contributed by atoms with Crippen molar-refractivity contribution in [3.05, 3.63) is 65.4 Å². The van der Waals surface area contributed by atoms with Gasteiger partial charge in [0.1, 0.15) is 5.75 Å². The first-order valence-corrected chi connectivity index (χ1v) is 8.48. The van der Waals surface area contributed by atoms with E-state index in [-0.39, 0.29) is 11.7 Å². The number of nitrogens with one attached hydrogen (secondary N) is 1. The lowest BCUT2D eigenvalue weighted by Gasteiger charge is -2.26. The third-order valence-corrected chi connectivity index (χ3v) is 4.87. The van der Waals surface area contributed by atoms with Gasteiger partial charge in [-0.25, -0.2) is 0 Å². The second-order valence-electron chi connectivity index (χ2n) is 6.47. The number of aliphatic imine (C=N–C) groups is 1. The number of rotatable bonds is 2. The predicted molar refractivity (Wildman–Crippen MR) is 99.8 cm³/mol. The van der Waals surface area contributed by atoms with E-state index in [1.807, 2.05) is 55.5 Å². The Bertz CT molecular complexity index is 912. The molecular formula is C21H20N2O2. The average molecular weight is 332 g/mol. The number of ether oxygens (including phenoxy) is 1. The molecule has 2 aromatic rings. The maximum atomic E-state index is 12.9. The summed E-state index contributed by atoms with van der Waals surface area (Å²) in [5.74, 6) is 1.06. The van der Waals surface area contributed by atoms with Crippen molar-refractivity contribution in [2.75, 3.05) is 12.4 Å². The Morgan fingerprint density at radius 2 is 1.84 bits per heavy atom. The first-order valence-electron chi connectivity index (χ1n) is 8.48. The Labute approximate surface area is 147 Å². The topological polar surface area (TPSA) is 50.7 Å². The maximum absolute atomic E-state index is 12.9. The summed E-state index contributed by atoms with van der Waals surface area (Å²) in [5, 5.41) is 3.35. The highest BCUT2D eigenvalue weighted by Crippen LogP contribution is 2.40. The fourth-order valence-electron chi connectivity index (χ4n) is 3.73. The molecule has 25 heavy (non-hydrogen) atoms. The molecule has 4 nitrogen and oxygen atoms in total. The fraction of sp³-hybridized carbons (Fsp3) is 0.238. The van der Waals surface area contributed by atoms with Gasteiger partial charge in [0, 0.05) is 18.0 Å². The van der Waals surface area contributed by atoms with Gasteiger partial charge in [-0.15, -0.1) is 0 Å². The van der Waals surface area contributed by atoms with E-state index in [1.54, 1.807) is 7.11 Å². The van der Waals surface area contributed by atoms with Crippen molar-refractivity contribution in [2.24, 2.45) is 4.99 Å². The number of hydrogen-bond acceptors (Lipinski definition) is 4. The van der Waals surface area contributed by atoms with Crippen LogP contribution >= 0.6 is 0 Å². The molecule has 126 valence electrons. The molecule has 4 rings (SSSR count). The smallest absolute Gasteiger partial charge is 0.167 e. The minimum atomic E-state index is 0.0872. The van der Waals surface area contributed by atoms with Crippen LogP contribution in [0.4, 0.5) is 11.4 Å². The standard InChI is InChI=1S/C21H20N2O2/c1-13-21-18(23-17-9-5-4-8-16(17)22-13)11-14(12-19(21)24)15-7-3-6-10-20(15)25-2/h3-10,14,22H,11-12H2,1-2H3/t14-/m0/s1. The highest BCUT2D eigenvalue weighted by atomic mass is 16.5. The molecular weight excluding hydrogens is 312 g/mol. The Balaban J connectivity index is 1.79. The van der Waals surface area contributed by atoms with Crippen LogP contribution in [0.3, 0.4) is 0 Å². The molecule has 2 aromatic carbocycles. The third-order valence-electron chi connectivity index (χ3n) is 4.87. The van der Waals surface area contributed by atoms with Gasteiger partial charge in [-0.05, 0) is 37.1 Å². The fourth-order valence-corrected chi connectivity index (χ4v) is 3.73. The van der Waals surface area contributed by atoms with Crippen LogP contribution in [0.15, 0.2) is 64.8 Å². The lowest BCUT2D eigenvalue weighted by molar-refractivity contribution is -0.115. The number of anilines is 1. The molecule has 0 bridgehead atoms. The van der Waals surface area contributed by atoms with E-state index in [9.17, 15) is 4.79 Å². The Morgan fingerprint density at radius 1 is 1.08 bits per heavy atom. The number of para-hydroxylation sites is 3.